The van der Waals surface area contributed by atoms with Crippen LogP contribution in [-0.2, 0) is 11.2 Å². The van der Waals surface area contributed by atoms with Crippen LogP contribution < -0.4 is 0 Å². The normalized spacial score (nSPS) is 33.1. The molecule has 4 rings (SSSR count). The molecule has 3 nitrogen and oxygen atoms in total. The summed E-state index contributed by atoms with van der Waals surface area (Å²) in [7, 11) is 0. The maximum absolute atomic E-state index is 10.6. The number of benzene rings is 1. The summed E-state index contributed by atoms with van der Waals surface area (Å²) in [6, 6.07) is 8.56. The Labute approximate surface area is 114 Å². The highest BCUT2D eigenvalue weighted by atomic mass is 16.5. The van der Waals surface area contributed by atoms with E-state index in [-0.39, 0.29) is 17.7 Å². The van der Waals surface area contributed by atoms with Crippen LogP contribution in [0.5, 0.6) is 0 Å². The van der Waals surface area contributed by atoms with E-state index in [0.29, 0.717) is 0 Å². The van der Waals surface area contributed by atoms with Crippen molar-refractivity contribution in [3.05, 3.63) is 35.4 Å². The van der Waals surface area contributed by atoms with E-state index in [1.165, 1.54) is 24.8 Å². The predicted molar refractivity (Wildman–Crippen MR) is 73.0 cm³/mol. The molecule has 1 spiro atoms. The van der Waals surface area contributed by atoms with Crippen LogP contribution in [-0.4, -0.2) is 41.3 Å². The molecule has 1 aromatic carbocycles. The van der Waals surface area contributed by atoms with E-state index >= 15 is 0 Å². The molecule has 19 heavy (non-hydrogen) atoms. The Morgan fingerprint density at radius 2 is 2.11 bits per heavy atom. The molecule has 1 saturated heterocycles. The second kappa shape index (κ2) is 4.30. The van der Waals surface area contributed by atoms with Gasteiger partial charge in [-0.05, 0) is 36.8 Å². The SMILES string of the molecule is OC1c2ccccc2CC1N1CCOC2(CCC2)C1. The highest BCUT2D eigenvalue weighted by Gasteiger charge is 2.45. The first-order valence-corrected chi connectivity index (χ1v) is 7.41. The summed E-state index contributed by atoms with van der Waals surface area (Å²) < 4.78 is 5.98. The first kappa shape index (κ1) is 11.9. The fourth-order valence-electron chi connectivity index (χ4n) is 3.91. The van der Waals surface area contributed by atoms with Gasteiger partial charge in [0.05, 0.1) is 18.3 Å². The number of fused-ring (bicyclic) bond motifs is 1. The summed E-state index contributed by atoms with van der Waals surface area (Å²) in [5, 5.41) is 10.6. The van der Waals surface area contributed by atoms with Gasteiger partial charge in [0.1, 0.15) is 0 Å². The van der Waals surface area contributed by atoms with Gasteiger partial charge in [0.2, 0.25) is 0 Å². The minimum Gasteiger partial charge on any atom is -0.387 e. The summed E-state index contributed by atoms with van der Waals surface area (Å²) in [5.74, 6) is 0. The van der Waals surface area contributed by atoms with Crippen molar-refractivity contribution in [2.45, 2.75) is 43.4 Å². The molecule has 1 aliphatic heterocycles. The molecular formula is C16H21NO2. The van der Waals surface area contributed by atoms with Crippen molar-refractivity contribution in [2.75, 3.05) is 19.7 Å². The van der Waals surface area contributed by atoms with Gasteiger partial charge in [-0.1, -0.05) is 24.3 Å². The van der Waals surface area contributed by atoms with Gasteiger partial charge in [0, 0.05) is 19.1 Å². The summed E-state index contributed by atoms with van der Waals surface area (Å²) in [4.78, 5) is 2.47. The Bertz CT molecular complexity index is 483. The molecule has 0 radical (unpaired) electrons. The lowest BCUT2D eigenvalue weighted by Gasteiger charge is -2.50. The zero-order chi connectivity index (χ0) is 12.9. The molecule has 0 bridgehead atoms. The molecule has 2 fully saturated rings. The number of morpholine rings is 1. The number of ether oxygens (including phenoxy) is 1. The third kappa shape index (κ3) is 1.83. The number of aliphatic hydroxyl groups excluding tert-OH is 1. The summed E-state index contributed by atoms with van der Waals surface area (Å²) in [6.07, 6.45) is 4.33. The van der Waals surface area contributed by atoms with E-state index < -0.39 is 0 Å². The molecule has 2 unspecified atom stereocenters. The molecule has 1 aromatic rings. The van der Waals surface area contributed by atoms with E-state index in [2.05, 4.69) is 23.1 Å². The quantitative estimate of drug-likeness (QED) is 0.836. The zero-order valence-corrected chi connectivity index (χ0v) is 11.2. The molecule has 1 heterocycles. The van der Waals surface area contributed by atoms with Crippen molar-refractivity contribution < 1.29 is 9.84 Å². The maximum atomic E-state index is 10.6. The fraction of sp³-hybridized carbons (Fsp3) is 0.625. The third-order valence-corrected chi connectivity index (χ3v) is 5.18. The maximum Gasteiger partial charge on any atom is 0.0951 e. The van der Waals surface area contributed by atoms with Crippen LogP contribution in [0.2, 0.25) is 0 Å². The van der Waals surface area contributed by atoms with Crippen molar-refractivity contribution in [2.24, 2.45) is 0 Å². The van der Waals surface area contributed by atoms with Crippen LogP contribution in [0.15, 0.2) is 24.3 Å². The number of hydrogen-bond donors (Lipinski definition) is 1. The monoisotopic (exact) mass is 259 g/mol. The molecular weight excluding hydrogens is 238 g/mol. The average Bonchev–Trinajstić information content (AvgIpc) is 2.75. The van der Waals surface area contributed by atoms with E-state index in [1.54, 1.807) is 0 Å². The molecule has 0 amide bonds. The smallest absolute Gasteiger partial charge is 0.0951 e. The first-order chi connectivity index (χ1) is 9.27. The Kier molecular flexibility index (Phi) is 2.69. The Morgan fingerprint density at radius 3 is 2.84 bits per heavy atom. The van der Waals surface area contributed by atoms with E-state index in [1.807, 2.05) is 6.07 Å². The molecule has 1 saturated carbocycles. The highest BCUT2D eigenvalue weighted by molar-refractivity contribution is 5.36. The van der Waals surface area contributed by atoms with Gasteiger partial charge in [0.25, 0.3) is 0 Å². The second-order valence-corrected chi connectivity index (χ2v) is 6.27. The van der Waals surface area contributed by atoms with Gasteiger partial charge in [-0.3, -0.25) is 4.90 Å². The van der Waals surface area contributed by atoms with Gasteiger partial charge in [0.15, 0.2) is 0 Å². The first-order valence-electron chi connectivity index (χ1n) is 7.41. The predicted octanol–water partition coefficient (Wildman–Crippen LogP) is 1.90. The summed E-state index contributed by atoms with van der Waals surface area (Å²) in [5.41, 5.74) is 2.56. The lowest BCUT2D eigenvalue weighted by atomic mass is 9.78. The standard InChI is InChI=1S/C16H21NO2/c18-15-13-5-2-1-4-12(13)10-14(15)17-8-9-19-16(11-17)6-3-7-16/h1-2,4-5,14-15,18H,3,6-11H2. The summed E-state index contributed by atoms with van der Waals surface area (Å²) >= 11 is 0. The van der Waals surface area contributed by atoms with Crippen molar-refractivity contribution in [3.8, 4) is 0 Å². The number of aliphatic hydroxyl groups is 1. The van der Waals surface area contributed by atoms with Crippen molar-refractivity contribution in [1.29, 1.82) is 0 Å². The van der Waals surface area contributed by atoms with E-state index in [0.717, 1.165) is 31.7 Å². The van der Waals surface area contributed by atoms with Gasteiger partial charge in [-0.2, -0.15) is 0 Å². The highest BCUT2D eigenvalue weighted by Crippen LogP contribution is 2.41. The Balaban J connectivity index is 1.54. The van der Waals surface area contributed by atoms with E-state index in [4.69, 9.17) is 4.74 Å². The van der Waals surface area contributed by atoms with Crippen molar-refractivity contribution in [3.63, 3.8) is 0 Å². The number of nitrogens with zero attached hydrogens (tertiary/aromatic N) is 1. The van der Waals surface area contributed by atoms with Crippen LogP contribution in [0.25, 0.3) is 0 Å². The van der Waals surface area contributed by atoms with Crippen LogP contribution in [0.3, 0.4) is 0 Å². The van der Waals surface area contributed by atoms with Gasteiger partial charge < -0.3 is 9.84 Å². The molecule has 102 valence electrons. The van der Waals surface area contributed by atoms with Crippen molar-refractivity contribution in [1.82, 2.24) is 4.90 Å². The van der Waals surface area contributed by atoms with Gasteiger partial charge >= 0.3 is 0 Å². The minimum atomic E-state index is -0.327. The number of rotatable bonds is 1. The lowest BCUT2D eigenvalue weighted by Crippen LogP contribution is -2.58. The minimum absolute atomic E-state index is 0.118. The lowest BCUT2D eigenvalue weighted by molar-refractivity contribution is -0.164. The molecule has 3 heteroatoms. The van der Waals surface area contributed by atoms with Crippen molar-refractivity contribution >= 4 is 0 Å². The molecule has 0 aromatic heterocycles. The molecule has 2 aliphatic carbocycles. The van der Waals surface area contributed by atoms with E-state index in [9.17, 15) is 5.11 Å². The Hall–Kier alpha value is -0.900. The average molecular weight is 259 g/mol. The van der Waals surface area contributed by atoms with Gasteiger partial charge in [-0.25, -0.2) is 0 Å². The number of hydrogen-bond acceptors (Lipinski definition) is 3. The topological polar surface area (TPSA) is 32.7 Å². The summed E-state index contributed by atoms with van der Waals surface area (Å²) in [6.45, 7) is 2.78. The fourth-order valence-corrected chi connectivity index (χ4v) is 3.91. The van der Waals surface area contributed by atoms with Crippen LogP contribution >= 0.6 is 0 Å². The second-order valence-electron chi connectivity index (χ2n) is 6.27. The van der Waals surface area contributed by atoms with Crippen LogP contribution in [0.4, 0.5) is 0 Å². The van der Waals surface area contributed by atoms with Gasteiger partial charge in [-0.15, -0.1) is 0 Å². The Morgan fingerprint density at radius 1 is 1.26 bits per heavy atom. The molecule has 3 aliphatic rings. The van der Waals surface area contributed by atoms with Crippen LogP contribution in [0, 0.1) is 0 Å². The molecule has 2 atom stereocenters. The largest absolute Gasteiger partial charge is 0.387 e. The molecule has 1 N–H and O–H groups in total. The third-order valence-electron chi connectivity index (χ3n) is 5.18. The van der Waals surface area contributed by atoms with Crippen LogP contribution in [0.1, 0.15) is 36.5 Å². The zero-order valence-electron chi connectivity index (χ0n) is 11.2.